The van der Waals surface area contributed by atoms with Crippen LogP contribution in [0.2, 0.25) is 0 Å². The number of rotatable bonds is 15. The number of aliphatic carboxylic acids is 1. The highest BCUT2D eigenvalue weighted by Crippen LogP contribution is 2.47. The molecule has 0 radical (unpaired) electrons. The van der Waals surface area contributed by atoms with E-state index in [9.17, 15) is 19.5 Å². The molecular weight excluding hydrogens is 588 g/mol. The standard InChI is InChI=1S/C35H48N4O7/c1-6-7-14-36(15-10-17-39(2,3)4)32(41)22-37-21-26(25-18-29(44-5)34-30(19-25)45-23-46-34)33(35(42)43)28(37)13-16-38-27-12-9-8-11-24(27)20-31(38)40/h8-9,11-12,18-19,26,28,33H,6-7,10,13-17,20-23H2,1-5H3/p+1. The largest absolute Gasteiger partial charge is 0.493 e. The average molecular weight is 638 g/mol. The number of carboxylic acid groups (broad SMARTS) is 1. The molecule has 11 nitrogen and oxygen atoms in total. The fourth-order valence-corrected chi connectivity index (χ4v) is 7.10. The number of amides is 2. The van der Waals surface area contributed by atoms with Crippen molar-refractivity contribution in [2.75, 3.05) is 79.2 Å². The summed E-state index contributed by atoms with van der Waals surface area (Å²) < 4.78 is 17.7. The molecule has 1 N–H and O–H groups in total. The van der Waals surface area contributed by atoms with Crippen molar-refractivity contribution in [2.24, 2.45) is 5.92 Å². The highest BCUT2D eigenvalue weighted by molar-refractivity contribution is 6.01. The van der Waals surface area contributed by atoms with Gasteiger partial charge in [0, 0.05) is 50.2 Å². The van der Waals surface area contributed by atoms with Crippen LogP contribution in [0.4, 0.5) is 5.69 Å². The molecule has 2 aromatic carbocycles. The number of quaternary nitrogens is 1. The molecule has 0 aliphatic carbocycles. The predicted molar refractivity (Wildman–Crippen MR) is 174 cm³/mol. The van der Waals surface area contributed by atoms with Gasteiger partial charge < -0.3 is 33.6 Å². The summed E-state index contributed by atoms with van der Waals surface area (Å²) in [5.41, 5.74) is 2.62. The van der Waals surface area contributed by atoms with E-state index in [-0.39, 0.29) is 25.2 Å². The average Bonchev–Trinajstić information content (AvgIpc) is 3.71. The minimum atomic E-state index is -0.930. The number of benzene rings is 2. The minimum absolute atomic E-state index is 0.00810. The van der Waals surface area contributed by atoms with Crippen LogP contribution in [0.1, 0.15) is 49.7 Å². The molecule has 1 fully saturated rings. The summed E-state index contributed by atoms with van der Waals surface area (Å²) in [5, 5.41) is 10.7. The molecule has 250 valence electrons. The third-order valence-electron chi connectivity index (χ3n) is 9.45. The first kappa shape index (κ1) is 33.5. The number of carboxylic acids is 1. The van der Waals surface area contributed by atoms with Gasteiger partial charge in [0.2, 0.25) is 24.4 Å². The molecule has 0 aromatic heterocycles. The summed E-state index contributed by atoms with van der Waals surface area (Å²) in [5.74, 6) is -0.638. The second kappa shape index (κ2) is 14.3. The Morgan fingerprint density at radius 1 is 1.11 bits per heavy atom. The van der Waals surface area contributed by atoms with Crippen LogP contribution >= 0.6 is 0 Å². The van der Waals surface area contributed by atoms with Gasteiger partial charge in [-0.25, -0.2) is 0 Å². The van der Waals surface area contributed by atoms with E-state index in [1.54, 1.807) is 12.0 Å². The normalized spacial score (nSPS) is 20.7. The molecule has 0 spiro atoms. The zero-order chi connectivity index (χ0) is 33.0. The van der Waals surface area contributed by atoms with Crippen molar-refractivity contribution >= 4 is 23.5 Å². The van der Waals surface area contributed by atoms with E-state index in [1.807, 2.05) is 46.2 Å². The maximum Gasteiger partial charge on any atom is 0.308 e. The van der Waals surface area contributed by atoms with Crippen LogP contribution in [0.25, 0.3) is 0 Å². The van der Waals surface area contributed by atoms with Crippen molar-refractivity contribution in [3.8, 4) is 17.2 Å². The third-order valence-corrected chi connectivity index (χ3v) is 9.45. The van der Waals surface area contributed by atoms with Gasteiger partial charge in [-0.2, -0.15) is 0 Å². The van der Waals surface area contributed by atoms with Crippen molar-refractivity contribution in [3.05, 3.63) is 47.5 Å². The molecular formula is C35H49N4O7+. The maximum absolute atomic E-state index is 14.0. The van der Waals surface area contributed by atoms with Crippen LogP contribution in [0.5, 0.6) is 17.2 Å². The van der Waals surface area contributed by atoms with Crippen LogP contribution < -0.4 is 19.1 Å². The lowest BCUT2D eigenvalue weighted by Crippen LogP contribution is -2.46. The number of hydrogen-bond acceptors (Lipinski definition) is 7. The molecule has 11 heteroatoms. The van der Waals surface area contributed by atoms with Crippen LogP contribution in [0.15, 0.2) is 36.4 Å². The molecule has 0 saturated carbocycles. The van der Waals surface area contributed by atoms with Gasteiger partial charge in [-0.05, 0) is 42.2 Å². The first-order valence-corrected chi connectivity index (χ1v) is 16.4. The van der Waals surface area contributed by atoms with E-state index in [4.69, 9.17) is 14.2 Å². The van der Waals surface area contributed by atoms with Crippen LogP contribution in [0, 0.1) is 5.92 Å². The maximum atomic E-state index is 14.0. The Labute approximate surface area is 272 Å². The SMILES string of the molecule is CCCCN(CCC[N+](C)(C)C)C(=O)CN1CC(c2cc(OC)c3c(c2)OCO3)C(C(=O)O)C1CCN1C(=O)Cc2ccccc21. The highest BCUT2D eigenvalue weighted by atomic mass is 16.7. The molecule has 1 saturated heterocycles. The second-order valence-electron chi connectivity index (χ2n) is 13.7. The van der Waals surface area contributed by atoms with E-state index < -0.39 is 23.8 Å². The second-order valence-corrected chi connectivity index (χ2v) is 13.7. The summed E-state index contributed by atoms with van der Waals surface area (Å²) >= 11 is 0. The molecule has 3 unspecified atom stereocenters. The number of ether oxygens (including phenoxy) is 3. The highest BCUT2D eigenvalue weighted by Gasteiger charge is 2.48. The van der Waals surface area contributed by atoms with Gasteiger partial charge in [0.05, 0.1) is 53.7 Å². The summed E-state index contributed by atoms with van der Waals surface area (Å²) in [6.45, 7) is 5.33. The van der Waals surface area contributed by atoms with E-state index in [0.29, 0.717) is 56.3 Å². The molecule has 2 amide bonds. The minimum Gasteiger partial charge on any atom is -0.493 e. The Morgan fingerprint density at radius 3 is 2.59 bits per heavy atom. The smallest absolute Gasteiger partial charge is 0.308 e. The first-order chi connectivity index (χ1) is 22.0. The number of carbonyl (C=O) groups is 3. The molecule has 3 atom stereocenters. The van der Waals surface area contributed by atoms with Gasteiger partial charge >= 0.3 is 5.97 Å². The first-order valence-electron chi connectivity index (χ1n) is 16.4. The van der Waals surface area contributed by atoms with Crippen molar-refractivity contribution in [2.45, 2.75) is 51.0 Å². The number of carbonyl (C=O) groups excluding carboxylic acids is 2. The molecule has 3 heterocycles. The Balaban J connectivity index is 1.43. The van der Waals surface area contributed by atoms with Gasteiger partial charge in [-0.3, -0.25) is 19.3 Å². The number of nitrogens with zero attached hydrogens (tertiary/aromatic N) is 4. The Hall–Kier alpha value is -3.83. The molecule has 5 rings (SSSR count). The van der Waals surface area contributed by atoms with E-state index in [0.717, 1.165) is 47.1 Å². The van der Waals surface area contributed by atoms with Gasteiger partial charge in [-0.15, -0.1) is 0 Å². The van der Waals surface area contributed by atoms with Gasteiger partial charge in [0.1, 0.15) is 0 Å². The fraction of sp³-hybridized carbons (Fsp3) is 0.571. The van der Waals surface area contributed by atoms with Crippen LogP contribution in [-0.2, 0) is 20.8 Å². The molecule has 46 heavy (non-hydrogen) atoms. The number of likely N-dealkylation sites (tertiary alicyclic amines) is 1. The lowest BCUT2D eigenvalue weighted by molar-refractivity contribution is -0.870. The predicted octanol–water partition coefficient (Wildman–Crippen LogP) is 3.60. The fourth-order valence-electron chi connectivity index (χ4n) is 7.10. The summed E-state index contributed by atoms with van der Waals surface area (Å²) in [7, 11) is 7.99. The summed E-state index contributed by atoms with van der Waals surface area (Å²) in [6.07, 6.45) is 3.53. The number of unbranched alkanes of at least 4 members (excludes halogenated alkanes) is 1. The topological polar surface area (TPSA) is 109 Å². The van der Waals surface area contributed by atoms with E-state index in [1.165, 1.54) is 0 Å². The zero-order valence-electron chi connectivity index (χ0n) is 27.9. The van der Waals surface area contributed by atoms with Gasteiger partial charge in [0.15, 0.2) is 11.5 Å². The van der Waals surface area contributed by atoms with Gasteiger partial charge in [0.25, 0.3) is 0 Å². The lowest BCUT2D eigenvalue weighted by atomic mass is 9.84. The number of fused-ring (bicyclic) bond motifs is 2. The van der Waals surface area contributed by atoms with Crippen molar-refractivity contribution in [1.29, 1.82) is 0 Å². The van der Waals surface area contributed by atoms with Crippen molar-refractivity contribution in [1.82, 2.24) is 9.80 Å². The quantitative estimate of drug-likeness (QED) is 0.295. The van der Waals surface area contributed by atoms with Gasteiger partial charge in [-0.1, -0.05) is 31.5 Å². The summed E-state index contributed by atoms with van der Waals surface area (Å²) in [6, 6.07) is 10.9. The molecule has 2 aromatic rings. The number of para-hydroxylation sites is 1. The summed E-state index contributed by atoms with van der Waals surface area (Å²) in [4.78, 5) is 45.8. The molecule has 0 bridgehead atoms. The van der Waals surface area contributed by atoms with Crippen LogP contribution in [0.3, 0.4) is 0 Å². The number of anilines is 1. The number of methoxy groups -OCH3 is 1. The van der Waals surface area contributed by atoms with Crippen LogP contribution in [-0.4, -0.2) is 118 Å². The van der Waals surface area contributed by atoms with Crippen molar-refractivity contribution < 1.29 is 38.2 Å². The Bertz CT molecular complexity index is 1420. The van der Waals surface area contributed by atoms with E-state index >= 15 is 0 Å². The number of hydrogen-bond donors (Lipinski definition) is 1. The lowest BCUT2D eigenvalue weighted by Gasteiger charge is -2.31. The monoisotopic (exact) mass is 637 g/mol. The Kier molecular flexibility index (Phi) is 10.4. The van der Waals surface area contributed by atoms with E-state index in [2.05, 4.69) is 28.1 Å². The molecule has 3 aliphatic rings. The molecule has 3 aliphatic heterocycles. The zero-order valence-corrected chi connectivity index (χ0v) is 27.9. The Morgan fingerprint density at radius 2 is 1.87 bits per heavy atom. The van der Waals surface area contributed by atoms with Crippen molar-refractivity contribution in [3.63, 3.8) is 0 Å². The third kappa shape index (κ3) is 7.41.